The lowest BCUT2D eigenvalue weighted by atomic mass is 9.74. The third-order valence-corrected chi connectivity index (χ3v) is 3.31. The molecule has 0 aromatic carbocycles. The maximum absolute atomic E-state index is 11.9. The van der Waals surface area contributed by atoms with Crippen molar-refractivity contribution in [3.8, 4) is 0 Å². The van der Waals surface area contributed by atoms with Crippen LogP contribution in [0.2, 0.25) is 0 Å². The molecule has 5 heteroatoms. The summed E-state index contributed by atoms with van der Waals surface area (Å²) in [6.45, 7) is 2.74. The number of hydrogen-bond donors (Lipinski definition) is 1. The fourth-order valence-electron chi connectivity index (χ4n) is 2.75. The summed E-state index contributed by atoms with van der Waals surface area (Å²) in [5.74, 6) is 1.13. The van der Waals surface area contributed by atoms with Crippen LogP contribution in [0.15, 0.2) is 0 Å². The van der Waals surface area contributed by atoms with Gasteiger partial charge in [0, 0.05) is 0 Å². The summed E-state index contributed by atoms with van der Waals surface area (Å²) in [5, 5.41) is 9.81. The van der Waals surface area contributed by atoms with Gasteiger partial charge in [0.15, 0.2) is 0 Å². The Kier molecular flexibility index (Phi) is 5.25. The van der Waals surface area contributed by atoms with E-state index in [0.29, 0.717) is 11.8 Å². The number of aliphatic hydroxyl groups excluding tert-OH is 1. The average Bonchev–Trinajstić information content (AvgIpc) is 2.13. The first-order valence-electron chi connectivity index (χ1n) is 6.10. The maximum atomic E-state index is 11.9. The van der Waals surface area contributed by atoms with Crippen molar-refractivity contribution in [2.24, 2.45) is 17.8 Å². The van der Waals surface area contributed by atoms with Crippen LogP contribution in [0.4, 0.5) is 13.2 Å². The fourth-order valence-corrected chi connectivity index (χ4v) is 2.75. The van der Waals surface area contributed by atoms with Crippen LogP contribution in [-0.4, -0.2) is 30.6 Å². The van der Waals surface area contributed by atoms with Crippen molar-refractivity contribution in [1.29, 1.82) is 0 Å². The molecule has 3 atom stereocenters. The van der Waals surface area contributed by atoms with E-state index >= 15 is 0 Å². The van der Waals surface area contributed by atoms with Gasteiger partial charge >= 0.3 is 6.18 Å². The highest BCUT2D eigenvalue weighted by atomic mass is 19.4. The molecule has 102 valence electrons. The van der Waals surface area contributed by atoms with Crippen LogP contribution in [0, 0.1) is 17.8 Å². The molecule has 0 aromatic rings. The van der Waals surface area contributed by atoms with Gasteiger partial charge in [-0.1, -0.05) is 13.8 Å². The van der Waals surface area contributed by atoms with Crippen LogP contribution in [0.25, 0.3) is 0 Å². The van der Waals surface area contributed by atoms with Gasteiger partial charge in [-0.3, -0.25) is 0 Å². The molecule has 17 heavy (non-hydrogen) atoms. The van der Waals surface area contributed by atoms with Gasteiger partial charge in [0.1, 0.15) is 6.61 Å². The van der Waals surface area contributed by atoms with E-state index < -0.39 is 18.9 Å². The zero-order valence-electron chi connectivity index (χ0n) is 10.3. The van der Waals surface area contributed by atoms with Gasteiger partial charge in [-0.15, -0.1) is 0 Å². The minimum Gasteiger partial charge on any atom is -0.390 e. The molecule has 1 aliphatic rings. The van der Waals surface area contributed by atoms with Crippen molar-refractivity contribution in [1.82, 2.24) is 0 Å². The molecule has 1 saturated carbocycles. The lowest BCUT2D eigenvalue weighted by Crippen LogP contribution is -2.33. The summed E-state index contributed by atoms with van der Waals surface area (Å²) in [5.41, 5.74) is 0. The molecule has 3 unspecified atom stereocenters. The second-order valence-corrected chi connectivity index (χ2v) is 5.38. The topological polar surface area (TPSA) is 29.5 Å². The number of ether oxygens (including phenoxy) is 1. The third-order valence-electron chi connectivity index (χ3n) is 3.31. The van der Waals surface area contributed by atoms with Crippen molar-refractivity contribution in [2.75, 3.05) is 13.2 Å². The molecule has 0 bridgehead atoms. The average molecular weight is 254 g/mol. The Hall–Kier alpha value is -0.290. The summed E-state index contributed by atoms with van der Waals surface area (Å²) in [7, 11) is 0. The molecule has 0 aromatic heterocycles. The van der Waals surface area contributed by atoms with Crippen molar-refractivity contribution in [3.63, 3.8) is 0 Å². The van der Waals surface area contributed by atoms with Crippen molar-refractivity contribution < 1.29 is 23.0 Å². The van der Waals surface area contributed by atoms with Gasteiger partial charge in [-0.05, 0) is 37.0 Å². The van der Waals surface area contributed by atoms with E-state index in [2.05, 4.69) is 18.6 Å². The summed E-state index contributed by atoms with van der Waals surface area (Å²) in [4.78, 5) is 0. The van der Waals surface area contributed by atoms with Crippen molar-refractivity contribution >= 4 is 0 Å². The number of alkyl halides is 3. The first-order chi connectivity index (χ1) is 7.78. The number of aliphatic hydroxyl groups is 1. The highest BCUT2D eigenvalue weighted by Gasteiger charge is 2.31. The van der Waals surface area contributed by atoms with E-state index in [4.69, 9.17) is 0 Å². The molecule has 0 spiro atoms. The van der Waals surface area contributed by atoms with Gasteiger partial charge < -0.3 is 9.84 Å². The zero-order valence-corrected chi connectivity index (χ0v) is 10.3. The Morgan fingerprint density at radius 1 is 1.18 bits per heavy atom. The Morgan fingerprint density at radius 2 is 1.71 bits per heavy atom. The smallest absolute Gasteiger partial charge is 0.390 e. The van der Waals surface area contributed by atoms with Crippen molar-refractivity contribution in [3.05, 3.63) is 0 Å². The van der Waals surface area contributed by atoms with E-state index in [-0.39, 0.29) is 12.5 Å². The lowest BCUT2D eigenvalue weighted by molar-refractivity contribution is -0.181. The van der Waals surface area contributed by atoms with E-state index in [1.54, 1.807) is 0 Å². The van der Waals surface area contributed by atoms with Crippen LogP contribution < -0.4 is 0 Å². The summed E-state index contributed by atoms with van der Waals surface area (Å²) >= 11 is 0. The number of rotatable bonds is 4. The SMILES string of the molecule is CC1CC(C)CC(C(O)COCC(F)(F)F)C1. The summed E-state index contributed by atoms with van der Waals surface area (Å²) < 4.78 is 40.1. The van der Waals surface area contributed by atoms with E-state index in [1.165, 1.54) is 0 Å². The maximum Gasteiger partial charge on any atom is 0.411 e. The highest BCUT2D eigenvalue weighted by molar-refractivity contribution is 4.79. The van der Waals surface area contributed by atoms with Crippen LogP contribution >= 0.6 is 0 Å². The molecule has 0 saturated heterocycles. The molecule has 0 amide bonds. The van der Waals surface area contributed by atoms with Crippen LogP contribution in [0.1, 0.15) is 33.1 Å². The van der Waals surface area contributed by atoms with Gasteiger partial charge in [-0.2, -0.15) is 13.2 Å². The minimum atomic E-state index is -4.31. The predicted molar refractivity (Wildman–Crippen MR) is 58.5 cm³/mol. The van der Waals surface area contributed by atoms with Gasteiger partial charge in [-0.25, -0.2) is 0 Å². The van der Waals surface area contributed by atoms with Crippen LogP contribution in [0.5, 0.6) is 0 Å². The standard InChI is InChI=1S/C12H21F3O2/c1-8-3-9(2)5-10(4-8)11(16)6-17-7-12(13,14)15/h8-11,16H,3-7H2,1-2H3. The predicted octanol–water partition coefficient (Wildman–Crippen LogP) is 3.00. The van der Waals surface area contributed by atoms with Gasteiger partial charge in [0.25, 0.3) is 0 Å². The molecule has 0 aliphatic heterocycles. The van der Waals surface area contributed by atoms with E-state index in [0.717, 1.165) is 19.3 Å². The quantitative estimate of drug-likeness (QED) is 0.835. The zero-order chi connectivity index (χ0) is 13.1. The second-order valence-electron chi connectivity index (χ2n) is 5.38. The Labute approximate surface area is 100 Å². The fraction of sp³-hybridized carbons (Fsp3) is 1.00. The monoisotopic (exact) mass is 254 g/mol. The van der Waals surface area contributed by atoms with Crippen LogP contribution in [0.3, 0.4) is 0 Å². The summed E-state index contributed by atoms with van der Waals surface area (Å²) in [6.07, 6.45) is -2.20. The normalized spacial score (nSPS) is 32.5. The summed E-state index contributed by atoms with van der Waals surface area (Å²) in [6, 6.07) is 0. The number of hydrogen-bond acceptors (Lipinski definition) is 2. The molecular formula is C12H21F3O2. The minimum absolute atomic E-state index is 0.0713. The van der Waals surface area contributed by atoms with Gasteiger partial charge in [0.05, 0.1) is 12.7 Å². The molecule has 0 heterocycles. The first-order valence-corrected chi connectivity index (χ1v) is 6.10. The molecule has 1 aliphatic carbocycles. The van der Waals surface area contributed by atoms with Gasteiger partial charge in [0.2, 0.25) is 0 Å². The molecule has 1 fully saturated rings. The Morgan fingerprint density at radius 3 is 2.18 bits per heavy atom. The first kappa shape index (κ1) is 14.8. The largest absolute Gasteiger partial charge is 0.411 e. The molecule has 1 N–H and O–H groups in total. The van der Waals surface area contributed by atoms with Crippen molar-refractivity contribution in [2.45, 2.75) is 45.4 Å². The third kappa shape index (κ3) is 5.73. The molecular weight excluding hydrogens is 233 g/mol. The molecule has 0 radical (unpaired) electrons. The Bertz CT molecular complexity index is 220. The molecule has 2 nitrogen and oxygen atoms in total. The number of halogens is 3. The Balaban J connectivity index is 2.29. The lowest BCUT2D eigenvalue weighted by Gasteiger charge is -2.34. The highest BCUT2D eigenvalue weighted by Crippen LogP contribution is 2.34. The second kappa shape index (κ2) is 6.05. The molecule has 1 rings (SSSR count). The van der Waals surface area contributed by atoms with E-state index in [9.17, 15) is 18.3 Å². The van der Waals surface area contributed by atoms with Crippen LogP contribution in [-0.2, 0) is 4.74 Å². The van der Waals surface area contributed by atoms with E-state index in [1.807, 2.05) is 0 Å².